The topological polar surface area (TPSA) is 13.1 Å². The lowest BCUT2D eigenvalue weighted by Crippen LogP contribution is -1.92. The van der Waals surface area contributed by atoms with Gasteiger partial charge in [0.1, 0.15) is 11.2 Å². The van der Waals surface area contributed by atoms with E-state index >= 15 is 0 Å². The van der Waals surface area contributed by atoms with Crippen molar-refractivity contribution < 1.29 is 11.3 Å². The van der Waals surface area contributed by atoms with Gasteiger partial charge in [-0.3, -0.25) is 0 Å². The largest absolute Gasteiger partial charge is 0.456 e. The van der Waals surface area contributed by atoms with Gasteiger partial charge in [0.05, 0.1) is 6.85 Å². The van der Waals surface area contributed by atoms with Gasteiger partial charge in [0.25, 0.3) is 0 Å². The Morgan fingerprint density at radius 1 is 0.367 bits per heavy atom. The molecule has 1 nitrogen and oxygen atoms in total. The smallest absolute Gasteiger partial charge is 0.136 e. The number of fused-ring (bicyclic) bond motifs is 6. The van der Waals surface area contributed by atoms with E-state index in [4.69, 9.17) is 11.3 Å². The van der Waals surface area contributed by atoms with Crippen molar-refractivity contribution in [1.82, 2.24) is 0 Å². The second kappa shape index (κ2) is 11.1. The second-order valence-electron chi connectivity index (χ2n) is 12.5. The van der Waals surface area contributed by atoms with Crippen molar-refractivity contribution in [3.05, 3.63) is 182 Å². The first-order chi connectivity index (χ1) is 26.4. The molecule has 0 unspecified atom stereocenters. The van der Waals surface area contributed by atoms with Crippen LogP contribution in [0.5, 0.6) is 0 Å². The minimum absolute atomic E-state index is 0.192. The van der Waals surface area contributed by atoms with Gasteiger partial charge in [0, 0.05) is 10.8 Å². The third-order valence-electron chi connectivity index (χ3n) is 9.73. The summed E-state index contributed by atoms with van der Waals surface area (Å²) in [6, 6.07) is 50.9. The summed E-state index contributed by atoms with van der Waals surface area (Å²) in [5, 5.41) is 8.80. The van der Waals surface area contributed by atoms with E-state index in [9.17, 15) is 0 Å². The van der Waals surface area contributed by atoms with Crippen LogP contribution in [0.1, 0.15) is 6.85 Å². The maximum Gasteiger partial charge on any atom is 0.136 e. The van der Waals surface area contributed by atoms with Crippen molar-refractivity contribution in [2.24, 2.45) is 0 Å². The molecule has 0 fully saturated rings. The fourth-order valence-corrected chi connectivity index (χ4v) is 7.51. The number of hydrogen-bond donors (Lipinski definition) is 0. The average Bonchev–Trinajstić information content (AvgIpc) is 3.58. The number of rotatable bonds is 4. The van der Waals surface area contributed by atoms with Crippen molar-refractivity contribution >= 4 is 54.3 Å². The van der Waals surface area contributed by atoms with Crippen LogP contribution in [-0.2, 0) is 0 Å². The lowest BCUT2D eigenvalue weighted by Gasteiger charge is -2.19. The maximum atomic E-state index is 8.57. The lowest BCUT2D eigenvalue weighted by molar-refractivity contribution is 0.669. The zero-order valence-electron chi connectivity index (χ0n) is 31.3. The third kappa shape index (κ3) is 4.47. The highest BCUT2D eigenvalue weighted by Crippen LogP contribution is 2.48. The van der Waals surface area contributed by atoms with E-state index in [2.05, 4.69) is 115 Å². The van der Waals surface area contributed by atoms with Crippen LogP contribution in [0.15, 0.2) is 186 Å². The highest BCUT2D eigenvalue weighted by molar-refractivity contribution is 6.26. The molecule has 0 bridgehead atoms. The van der Waals surface area contributed by atoms with Crippen molar-refractivity contribution in [3.63, 3.8) is 0 Å². The molecule has 0 saturated heterocycles. The fourth-order valence-electron chi connectivity index (χ4n) is 7.51. The van der Waals surface area contributed by atoms with Crippen molar-refractivity contribution in [2.45, 2.75) is 0 Å². The van der Waals surface area contributed by atoms with Crippen LogP contribution in [0, 0.1) is 0 Å². The van der Waals surface area contributed by atoms with Crippen LogP contribution >= 0.6 is 0 Å². The molecule has 0 atom stereocenters. The molecule has 1 heterocycles. The van der Waals surface area contributed by atoms with Crippen LogP contribution in [0.4, 0.5) is 0 Å². The van der Waals surface area contributed by atoms with Crippen LogP contribution in [0.3, 0.4) is 0 Å². The standard InChI is InChI=1S/C48H30O/c1-3-12-31(13-4-1)33-22-24-34(25-23-33)46-38-18-9-10-19-39(38)47(40-27-26-37(28-42(40)46)32-14-5-2-6-15-32)41-20-11-21-44-48(41)43-29-35-16-7-8-17-36(35)30-45(43)49-44/h1-30H/i1D,3D,4D,12D,13D. The quantitative estimate of drug-likeness (QED) is 0.177. The number of benzene rings is 9. The number of hydrogen-bond acceptors (Lipinski definition) is 1. The molecular weight excluding hydrogens is 593 g/mol. The minimum Gasteiger partial charge on any atom is -0.456 e. The molecule has 10 aromatic rings. The maximum absolute atomic E-state index is 8.57. The molecule has 1 heteroatoms. The van der Waals surface area contributed by atoms with E-state index in [1.165, 1.54) is 0 Å². The Morgan fingerprint density at radius 3 is 1.80 bits per heavy atom. The van der Waals surface area contributed by atoms with Gasteiger partial charge < -0.3 is 4.42 Å². The van der Waals surface area contributed by atoms with Crippen LogP contribution in [-0.4, -0.2) is 0 Å². The zero-order valence-corrected chi connectivity index (χ0v) is 26.3. The predicted molar refractivity (Wildman–Crippen MR) is 208 cm³/mol. The summed E-state index contributed by atoms with van der Waals surface area (Å²) in [5.41, 5.74) is 8.91. The Bertz CT molecular complexity index is 3120. The van der Waals surface area contributed by atoms with E-state index in [0.29, 0.717) is 5.56 Å². The Hall–Kier alpha value is -6.44. The summed E-state index contributed by atoms with van der Waals surface area (Å²) >= 11 is 0. The van der Waals surface area contributed by atoms with E-state index < -0.39 is 6.04 Å². The highest BCUT2D eigenvalue weighted by Gasteiger charge is 2.21. The Balaban J connectivity index is 1.28. The zero-order chi connectivity index (χ0) is 36.7. The third-order valence-corrected chi connectivity index (χ3v) is 9.73. The normalized spacial score (nSPS) is 13.1. The summed E-state index contributed by atoms with van der Waals surface area (Å²) < 4.78 is 48.2. The number of furan rings is 1. The fraction of sp³-hybridized carbons (Fsp3) is 0. The van der Waals surface area contributed by atoms with Gasteiger partial charge in [-0.05, 0) is 101 Å². The van der Waals surface area contributed by atoms with Crippen LogP contribution in [0.2, 0.25) is 0 Å². The second-order valence-corrected chi connectivity index (χ2v) is 12.5. The van der Waals surface area contributed by atoms with Gasteiger partial charge >= 0.3 is 0 Å². The summed E-state index contributed by atoms with van der Waals surface area (Å²) in [5.74, 6) is 0. The first kappa shape index (κ1) is 23.0. The van der Waals surface area contributed by atoms with Crippen molar-refractivity contribution in [3.8, 4) is 44.5 Å². The molecule has 49 heavy (non-hydrogen) atoms. The van der Waals surface area contributed by atoms with Gasteiger partial charge in [-0.2, -0.15) is 0 Å². The molecule has 0 aliphatic carbocycles. The van der Waals surface area contributed by atoms with Gasteiger partial charge in [-0.25, -0.2) is 0 Å². The van der Waals surface area contributed by atoms with Crippen molar-refractivity contribution in [1.29, 1.82) is 0 Å². The molecule has 1 aromatic heterocycles. The van der Waals surface area contributed by atoms with Gasteiger partial charge in [0.2, 0.25) is 0 Å². The van der Waals surface area contributed by atoms with Crippen LogP contribution in [0.25, 0.3) is 98.8 Å². The van der Waals surface area contributed by atoms with E-state index in [-0.39, 0.29) is 29.7 Å². The summed E-state index contributed by atoms with van der Waals surface area (Å²) in [4.78, 5) is 0. The highest BCUT2D eigenvalue weighted by atomic mass is 16.3. The summed E-state index contributed by atoms with van der Waals surface area (Å²) in [6.45, 7) is 0. The van der Waals surface area contributed by atoms with E-state index in [1.54, 1.807) is 0 Å². The molecule has 0 amide bonds. The molecule has 9 aromatic carbocycles. The molecule has 0 aliphatic rings. The van der Waals surface area contributed by atoms with E-state index in [0.717, 1.165) is 87.6 Å². The van der Waals surface area contributed by atoms with Crippen LogP contribution < -0.4 is 0 Å². The Morgan fingerprint density at radius 2 is 1.00 bits per heavy atom. The molecule has 0 aliphatic heterocycles. The first-order valence-electron chi connectivity index (χ1n) is 18.9. The summed E-state index contributed by atoms with van der Waals surface area (Å²) in [6.07, 6.45) is 0. The molecule has 0 spiro atoms. The molecule has 0 saturated carbocycles. The molecular formula is C48H30O. The minimum atomic E-state index is -0.398. The van der Waals surface area contributed by atoms with Gasteiger partial charge in [0.15, 0.2) is 0 Å². The van der Waals surface area contributed by atoms with E-state index in [1.807, 2.05) is 36.4 Å². The first-order valence-corrected chi connectivity index (χ1v) is 16.4. The Labute approximate surface area is 291 Å². The SMILES string of the molecule is [2H]c1c([2H])c([2H])c(-c2ccc(-c3c4ccccc4c(-c4cccc5oc6cc7ccccc7cc6c45)c4ccc(-c5ccccc5)cc34)cc2)c([2H])c1[2H]. The summed E-state index contributed by atoms with van der Waals surface area (Å²) in [7, 11) is 0. The molecule has 0 radical (unpaired) electrons. The molecule has 10 rings (SSSR count). The lowest BCUT2D eigenvalue weighted by atomic mass is 9.83. The molecule has 228 valence electrons. The van der Waals surface area contributed by atoms with Crippen molar-refractivity contribution in [2.75, 3.05) is 0 Å². The van der Waals surface area contributed by atoms with Gasteiger partial charge in [-0.1, -0.05) is 158 Å². The Kier molecular flexibility index (Phi) is 5.20. The predicted octanol–water partition coefficient (Wildman–Crippen LogP) is 13.7. The molecule has 0 N–H and O–H groups in total. The average molecular weight is 628 g/mol. The monoisotopic (exact) mass is 627 g/mol. The van der Waals surface area contributed by atoms with Gasteiger partial charge in [-0.15, -0.1) is 0 Å².